The van der Waals surface area contributed by atoms with Gasteiger partial charge in [-0.1, -0.05) is 6.92 Å². The van der Waals surface area contributed by atoms with Crippen molar-refractivity contribution >= 4 is 23.2 Å². The molecule has 0 aromatic carbocycles. The minimum atomic E-state index is -0.868. The Balaban J connectivity index is 2.44. The van der Waals surface area contributed by atoms with E-state index in [-0.39, 0.29) is 17.5 Å². The maximum atomic E-state index is 11.2. The van der Waals surface area contributed by atoms with Gasteiger partial charge in [-0.2, -0.15) is 0 Å². The molecule has 11 heavy (non-hydrogen) atoms. The van der Waals surface area contributed by atoms with E-state index in [4.69, 9.17) is 11.6 Å². The Hall–Kier alpha value is -0.370. The topological polar surface area (TPSA) is 34.1 Å². The van der Waals surface area contributed by atoms with Gasteiger partial charge in [0.15, 0.2) is 16.9 Å². The minimum absolute atomic E-state index is 0.0708. The summed E-state index contributed by atoms with van der Waals surface area (Å²) in [6.07, 6.45) is 2.19. The van der Waals surface area contributed by atoms with Crippen molar-refractivity contribution in [2.75, 3.05) is 0 Å². The van der Waals surface area contributed by atoms with Gasteiger partial charge in [-0.05, 0) is 12.8 Å². The van der Waals surface area contributed by atoms with Crippen LogP contribution in [0.2, 0.25) is 0 Å². The zero-order valence-corrected chi connectivity index (χ0v) is 7.23. The number of hydrogen-bond acceptors (Lipinski definition) is 2. The van der Waals surface area contributed by atoms with Crippen molar-refractivity contribution in [1.82, 2.24) is 0 Å². The molecule has 2 nitrogen and oxygen atoms in total. The smallest absolute Gasteiger partial charge is 0.161 e. The molecule has 0 aromatic rings. The van der Waals surface area contributed by atoms with Gasteiger partial charge in [0.25, 0.3) is 0 Å². The average molecular weight is 175 g/mol. The summed E-state index contributed by atoms with van der Waals surface area (Å²) in [5.74, 6) is -0.130. The number of carbonyl (C=O) groups excluding carboxylic acids is 2. The number of hydrogen-bond donors (Lipinski definition) is 0. The van der Waals surface area contributed by atoms with E-state index in [0.29, 0.717) is 6.42 Å². The molecule has 1 aliphatic rings. The highest BCUT2D eigenvalue weighted by Gasteiger charge is 2.36. The number of ketones is 2. The highest BCUT2D eigenvalue weighted by atomic mass is 35.5. The Bertz CT molecular complexity index is 185. The molecule has 62 valence electrons. The first-order valence-electron chi connectivity index (χ1n) is 3.87. The summed E-state index contributed by atoms with van der Waals surface area (Å²) in [5.41, 5.74) is 0. The molecule has 0 spiro atoms. The Labute approximate surface area is 70.9 Å². The number of carbonyl (C=O) groups is 2. The fraction of sp³-hybridized carbons (Fsp3) is 0.750. The number of halogens is 1. The second kappa shape index (κ2) is 3.35. The molecule has 0 heterocycles. The summed E-state index contributed by atoms with van der Waals surface area (Å²) in [6, 6.07) is 0. The Morgan fingerprint density at radius 1 is 1.55 bits per heavy atom. The normalized spacial score (nSPS) is 19.5. The van der Waals surface area contributed by atoms with Crippen molar-refractivity contribution in [3.8, 4) is 0 Å². The van der Waals surface area contributed by atoms with Gasteiger partial charge in [0, 0.05) is 12.3 Å². The lowest BCUT2D eigenvalue weighted by molar-refractivity contribution is -0.127. The second-order valence-electron chi connectivity index (χ2n) is 2.86. The molecule has 0 aliphatic heterocycles. The lowest BCUT2D eigenvalue weighted by Gasteiger charge is -2.03. The van der Waals surface area contributed by atoms with Crippen LogP contribution in [-0.4, -0.2) is 16.9 Å². The molecule has 0 bridgehead atoms. The lowest BCUT2D eigenvalue weighted by Crippen LogP contribution is -2.25. The fourth-order valence-corrected chi connectivity index (χ4v) is 1.25. The van der Waals surface area contributed by atoms with Crippen molar-refractivity contribution in [1.29, 1.82) is 0 Å². The first-order valence-corrected chi connectivity index (χ1v) is 4.31. The van der Waals surface area contributed by atoms with Gasteiger partial charge in [0.1, 0.15) is 0 Å². The standard InChI is InChI=1S/C8H11ClO2/c1-2-6(10)7(9)8(11)5-3-4-5/h5,7H,2-4H2,1H3. The average Bonchev–Trinajstić information content (AvgIpc) is 2.82. The summed E-state index contributed by atoms with van der Waals surface area (Å²) < 4.78 is 0. The quantitative estimate of drug-likeness (QED) is 0.479. The van der Waals surface area contributed by atoms with Crippen LogP contribution < -0.4 is 0 Å². The SMILES string of the molecule is CCC(=O)C(Cl)C(=O)C1CC1. The maximum Gasteiger partial charge on any atom is 0.161 e. The third kappa shape index (κ3) is 2.03. The molecular weight excluding hydrogens is 164 g/mol. The highest BCUT2D eigenvalue weighted by Crippen LogP contribution is 2.32. The van der Waals surface area contributed by atoms with Crippen LogP contribution in [-0.2, 0) is 9.59 Å². The van der Waals surface area contributed by atoms with Crippen LogP contribution in [0.15, 0.2) is 0 Å². The zero-order chi connectivity index (χ0) is 8.43. The van der Waals surface area contributed by atoms with Gasteiger partial charge >= 0.3 is 0 Å². The predicted molar refractivity (Wildman–Crippen MR) is 42.7 cm³/mol. The van der Waals surface area contributed by atoms with Crippen LogP contribution in [0.4, 0.5) is 0 Å². The molecule has 1 rings (SSSR count). The first-order chi connectivity index (χ1) is 5.16. The first kappa shape index (κ1) is 8.72. The summed E-state index contributed by atoms with van der Waals surface area (Å²) in [7, 11) is 0. The summed E-state index contributed by atoms with van der Waals surface area (Å²) in [5, 5.41) is -0.868. The van der Waals surface area contributed by atoms with Crippen molar-refractivity contribution in [2.24, 2.45) is 5.92 Å². The molecule has 1 fully saturated rings. The van der Waals surface area contributed by atoms with E-state index in [9.17, 15) is 9.59 Å². The molecule has 1 atom stereocenters. The van der Waals surface area contributed by atoms with Gasteiger partial charge in [0.2, 0.25) is 0 Å². The molecule has 0 N–H and O–H groups in total. The lowest BCUT2D eigenvalue weighted by atomic mass is 10.1. The predicted octanol–water partition coefficient (Wildman–Crippen LogP) is 1.55. The Kier molecular flexibility index (Phi) is 2.66. The van der Waals surface area contributed by atoms with E-state index in [1.807, 2.05) is 0 Å². The van der Waals surface area contributed by atoms with E-state index in [2.05, 4.69) is 0 Å². The van der Waals surface area contributed by atoms with Crippen molar-refractivity contribution in [2.45, 2.75) is 31.6 Å². The van der Waals surface area contributed by atoms with Gasteiger partial charge in [0.05, 0.1) is 0 Å². The zero-order valence-electron chi connectivity index (χ0n) is 6.47. The van der Waals surface area contributed by atoms with Crippen molar-refractivity contribution < 1.29 is 9.59 Å². The van der Waals surface area contributed by atoms with Crippen LogP contribution in [0.25, 0.3) is 0 Å². The number of Topliss-reactive ketones (excluding diaryl/α,β-unsaturated/α-hetero) is 2. The van der Waals surface area contributed by atoms with Crippen LogP contribution in [0, 0.1) is 5.92 Å². The molecule has 0 saturated heterocycles. The van der Waals surface area contributed by atoms with Crippen molar-refractivity contribution in [3.05, 3.63) is 0 Å². The van der Waals surface area contributed by atoms with E-state index >= 15 is 0 Å². The Morgan fingerprint density at radius 3 is 2.45 bits per heavy atom. The molecule has 1 unspecified atom stereocenters. The molecule has 3 heteroatoms. The van der Waals surface area contributed by atoms with E-state index in [1.165, 1.54) is 0 Å². The maximum absolute atomic E-state index is 11.2. The van der Waals surface area contributed by atoms with Gasteiger partial charge in [-0.15, -0.1) is 11.6 Å². The van der Waals surface area contributed by atoms with E-state index < -0.39 is 5.38 Å². The van der Waals surface area contributed by atoms with Crippen LogP contribution in [0.1, 0.15) is 26.2 Å². The molecule has 0 amide bonds. The summed E-state index contributed by atoms with van der Waals surface area (Å²) in [6.45, 7) is 1.72. The largest absolute Gasteiger partial charge is 0.298 e. The third-order valence-corrected chi connectivity index (χ3v) is 2.32. The highest BCUT2D eigenvalue weighted by molar-refractivity contribution is 6.42. The molecular formula is C8H11ClO2. The fourth-order valence-electron chi connectivity index (χ4n) is 0.913. The van der Waals surface area contributed by atoms with E-state index in [1.54, 1.807) is 6.92 Å². The monoisotopic (exact) mass is 174 g/mol. The molecule has 1 aliphatic carbocycles. The van der Waals surface area contributed by atoms with Crippen LogP contribution in [0.3, 0.4) is 0 Å². The van der Waals surface area contributed by atoms with E-state index in [0.717, 1.165) is 12.8 Å². The van der Waals surface area contributed by atoms with Crippen LogP contribution in [0.5, 0.6) is 0 Å². The number of rotatable bonds is 4. The second-order valence-corrected chi connectivity index (χ2v) is 3.30. The molecule has 0 aromatic heterocycles. The molecule has 0 radical (unpaired) electrons. The minimum Gasteiger partial charge on any atom is -0.298 e. The van der Waals surface area contributed by atoms with Gasteiger partial charge < -0.3 is 0 Å². The summed E-state index contributed by atoms with van der Waals surface area (Å²) >= 11 is 5.62. The van der Waals surface area contributed by atoms with Gasteiger partial charge in [-0.3, -0.25) is 9.59 Å². The molecule has 1 saturated carbocycles. The van der Waals surface area contributed by atoms with Gasteiger partial charge in [-0.25, -0.2) is 0 Å². The third-order valence-electron chi connectivity index (χ3n) is 1.86. The van der Waals surface area contributed by atoms with Crippen molar-refractivity contribution in [3.63, 3.8) is 0 Å². The number of alkyl halides is 1. The van der Waals surface area contributed by atoms with Crippen LogP contribution >= 0.6 is 11.6 Å². The summed E-state index contributed by atoms with van der Waals surface area (Å²) in [4.78, 5) is 22.1. The Morgan fingerprint density at radius 2 is 2.09 bits per heavy atom.